The van der Waals surface area contributed by atoms with Crippen molar-refractivity contribution in [3.63, 3.8) is 0 Å². The highest BCUT2D eigenvalue weighted by Crippen LogP contribution is 2.08. The molecule has 0 spiro atoms. The minimum Gasteiger partial charge on any atom is -0.302 e. The van der Waals surface area contributed by atoms with E-state index in [1.807, 2.05) is 0 Å². The molecule has 0 fully saturated rings. The molecular weight excluding hydrogens is 167 g/mol. The smallest absolute Gasteiger partial charge is 0.131 e. The van der Waals surface area contributed by atoms with Gasteiger partial charge < -0.3 is 4.79 Å². The van der Waals surface area contributed by atoms with Gasteiger partial charge in [-0.3, -0.25) is 0 Å². The largest absolute Gasteiger partial charge is 0.302 e. The zero-order valence-corrected chi connectivity index (χ0v) is 7.30. The fourth-order valence-electron chi connectivity index (χ4n) is 0.955. The number of benzene rings is 1. The molecule has 0 radical (unpaired) electrons. The maximum absolute atomic E-state index is 12.6. The number of aldehydes is 1. The summed E-state index contributed by atoms with van der Waals surface area (Å²) in [6.07, 6.45) is 0.961. The number of hydrogen-bond donors (Lipinski definition) is 0. The van der Waals surface area contributed by atoms with Gasteiger partial charge in [0, 0.05) is 5.56 Å². The van der Waals surface area contributed by atoms with E-state index in [1.54, 1.807) is 13.0 Å². The molecule has 1 nitrogen and oxygen atoms in total. The van der Waals surface area contributed by atoms with E-state index in [2.05, 4.69) is 11.8 Å². The topological polar surface area (TPSA) is 17.1 Å². The van der Waals surface area contributed by atoms with Gasteiger partial charge in [-0.05, 0) is 30.7 Å². The second kappa shape index (κ2) is 4.42. The maximum Gasteiger partial charge on any atom is 0.131 e. The zero-order valence-electron chi connectivity index (χ0n) is 7.30. The standard InChI is InChI=1S/C11H9FO/c1-9-8-11(12)6-5-10(9)4-2-3-7-13/h5-8H,3H2,1H3. The summed E-state index contributed by atoms with van der Waals surface area (Å²) in [6, 6.07) is 4.39. The molecule has 13 heavy (non-hydrogen) atoms. The summed E-state index contributed by atoms with van der Waals surface area (Å²) >= 11 is 0. The summed E-state index contributed by atoms with van der Waals surface area (Å²) in [5.41, 5.74) is 1.56. The molecule has 1 rings (SSSR count). The van der Waals surface area contributed by atoms with E-state index in [9.17, 15) is 9.18 Å². The van der Waals surface area contributed by atoms with Crippen LogP contribution in [-0.4, -0.2) is 6.29 Å². The van der Waals surface area contributed by atoms with Gasteiger partial charge in [0.2, 0.25) is 0 Å². The molecule has 0 saturated carbocycles. The Balaban J connectivity index is 2.91. The lowest BCUT2D eigenvalue weighted by molar-refractivity contribution is -0.107. The van der Waals surface area contributed by atoms with E-state index < -0.39 is 0 Å². The van der Waals surface area contributed by atoms with Gasteiger partial charge in [0.05, 0.1) is 6.42 Å². The summed E-state index contributed by atoms with van der Waals surface area (Å²) in [5.74, 6) is 5.20. The van der Waals surface area contributed by atoms with Crippen LogP contribution in [0.3, 0.4) is 0 Å². The molecule has 1 aromatic carbocycles. The maximum atomic E-state index is 12.6. The first-order valence-corrected chi connectivity index (χ1v) is 3.92. The van der Waals surface area contributed by atoms with Gasteiger partial charge in [-0.15, -0.1) is 0 Å². The first-order valence-electron chi connectivity index (χ1n) is 3.92. The van der Waals surface area contributed by atoms with Gasteiger partial charge >= 0.3 is 0 Å². The van der Waals surface area contributed by atoms with Crippen molar-refractivity contribution in [1.82, 2.24) is 0 Å². The first kappa shape index (κ1) is 9.47. The molecule has 0 heterocycles. The highest BCUT2D eigenvalue weighted by atomic mass is 19.1. The van der Waals surface area contributed by atoms with Crippen molar-refractivity contribution < 1.29 is 9.18 Å². The van der Waals surface area contributed by atoms with Gasteiger partial charge in [0.1, 0.15) is 12.1 Å². The molecule has 0 saturated heterocycles. The summed E-state index contributed by atoms with van der Waals surface area (Å²) in [7, 11) is 0. The molecule has 1 aromatic rings. The molecular formula is C11H9FO. The molecule has 2 heteroatoms. The third kappa shape index (κ3) is 2.72. The van der Waals surface area contributed by atoms with Crippen LogP contribution in [0.4, 0.5) is 4.39 Å². The molecule has 0 N–H and O–H groups in total. The summed E-state index contributed by atoms with van der Waals surface area (Å²) in [4.78, 5) is 9.97. The second-order valence-electron chi connectivity index (χ2n) is 2.63. The number of rotatable bonds is 1. The van der Waals surface area contributed by atoms with E-state index in [4.69, 9.17) is 0 Å². The average Bonchev–Trinajstić information content (AvgIpc) is 2.09. The molecule has 0 unspecified atom stereocenters. The molecule has 0 bridgehead atoms. The van der Waals surface area contributed by atoms with Gasteiger partial charge in [-0.2, -0.15) is 0 Å². The van der Waals surface area contributed by atoms with Crippen molar-refractivity contribution in [2.24, 2.45) is 0 Å². The van der Waals surface area contributed by atoms with Crippen molar-refractivity contribution >= 4 is 6.29 Å². The molecule has 0 aromatic heterocycles. The van der Waals surface area contributed by atoms with Crippen LogP contribution < -0.4 is 0 Å². The Morgan fingerprint density at radius 2 is 2.31 bits per heavy atom. The Bertz CT molecular complexity index is 371. The fourth-order valence-corrected chi connectivity index (χ4v) is 0.955. The van der Waals surface area contributed by atoms with Crippen molar-refractivity contribution in [2.45, 2.75) is 13.3 Å². The number of carbonyl (C=O) groups is 1. The van der Waals surface area contributed by atoms with Gasteiger partial charge in [-0.25, -0.2) is 4.39 Å². The minimum absolute atomic E-state index is 0.219. The first-order chi connectivity index (χ1) is 6.24. The molecule has 0 atom stereocenters. The van der Waals surface area contributed by atoms with Crippen molar-refractivity contribution in [3.8, 4) is 11.8 Å². The highest BCUT2D eigenvalue weighted by Gasteiger charge is 1.95. The fraction of sp³-hybridized carbons (Fsp3) is 0.182. The van der Waals surface area contributed by atoms with Crippen molar-refractivity contribution in [1.29, 1.82) is 0 Å². The van der Waals surface area contributed by atoms with E-state index >= 15 is 0 Å². The summed E-state index contributed by atoms with van der Waals surface area (Å²) < 4.78 is 12.6. The zero-order chi connectivity index (χ0) is 9.68. The lowest BCUT2D eigenvalue weighted by atomic mass is 10.1. The SMILES string of the molecule is Cc1cc(F)ccc1C#CCC=O. The van der Waals surface area contributed by atoms with Crippen LogP contribution in [0, 0.1) is 24.6 Å². The van der Waals surface area contributed by atoms with E-state index in [1.165, 1.54) is 12.1 Å². The van der Waals surface area contributed by atoms with Crippen LogP contribution in [0.5, 0.6) is 0 Å². The Morgan fingerprint density at radius 3 is 2.92 bits per heavy atom. The minimum atomic E-state index is -0.265. The monoisotopic (exact) mass is 176 g/mol. The molecule has 0 aliphatic carbocycles. The normalized spacial score (nSPS) is 8.77. The van der Waals surface area contributed by atoms with Crippen LogP contribution in [0.15, 0.2) is 18.2 Å². The van der Waals surface area contributed by atoms with E-state index in [0.717, 1.165) is 17.4 Å². The number of carbonyl (C=O) groups excluding carboxylic acids is 1. The Hall–Kier alpha value is -1.62. The predicted octanol–water partition coefficient (Wildman–Crippen LogP) is 2.07. The van der Waals surface area contributed by atoms with Gasteiger partial charge in [0.25, 0.3) is 0 Å². The van der Waals surface area contributed by atoms with Crippen molar-refractivity contribution in [2.75, 3.05) is 0 Å². The molecule has 66 valence electrons. The van der Waals surface area contributed by atoms with Crippen LogP contribution in [0.2, 0.25) is 0 Å². The van der Waals surface area contributed by atoms with Crippen LogP contribution >= 0.6 is 0 Å². The average molecular weight is 176 g/mol. The third-order valence-corrected chi connectivity index (χ3v) is 1.60. The second-order valence-corrected chi connectivity index (χ2v) is 2.63. The molecule has 0 aliphatic heterocycles. The van der Waals surface area contributed by atoms with Gasteiger partial charge in [0.15, 0.2) is 0 Å². The van der Waals surface area contributed by atoms with E-state index in [-0.39, 0.29) is 12.2 Å². The number of halogens is 1. The number of hydrogen-bond acceptors (Lipinski definition) is 1. The summed E-state index contributed by atoms with van der Waals surface area (Å²) in [5, 5.41) is 0. The number of aryl methyl sites for hydroxylation is 1. The molecule has 0 amide bonds. The van der Waals surface area contributed by atoms with Crippen LogP contribution in [0.25, 0.3) is 0 Å². The predicted molar refractivity (Wildman–Crippen MR) is 48.7 cm³/mol. The Morgan fingerprint density at radius 1 is 1.54 bits per heavy atom. The lowest BCUT2D eigenvalue weighted by Crippen LogP contribution is -1.83. The van der Waals surface area contributed by atoms with E-state index in [0.29, 0.717) is 0 Å². The highest BCUT2D eigenvalue weighted by molar-refractivity contribution is 5.55. The van der Waals surface area contributed by atoms with Crippen LogP contribution in [0.1, 0.15) is 17.5 Å². The quantitative estimate of drug-likeness (QED) is 0.473. The van der Waals surface area contributed by atoms with Crippen LogP contribution in [-0.2, 0) is 4.79 Å². The van der Waals surface area contributed by atoms with Crippen molar-refractivity contribution in [3.05, 3.63) is 35.1 Å². The molecule has 0 aliphatic rings. The third-order valence-electron chi connectivity index (χ3n) is 1.60. The Labute approximate surface area is 76.6 Å². The Kier molecular flexibility index (Phi) is 3.22. The van der Waals surface area contributed by atoms with Gasteiger partial charge in [-0.1, -0.05) is 11.8 Å². The lowest BCUT2D eigenvalue weighted by Gasteiger charge is -1.96. The summed E-state index contributed by atoms with van der Waals surface area (Å²) in [6.45, 7) is 1.79.